The molecule has 0 aliphatic heterocycles. The Balaban J connectivity index is 2.00. The number of rotatable bonds is 4. The molecule has 3 rings (SSSR count). The number of benzene rings is 1. The maximum Gasteiger partial charge on any atom is 0.242 e. The molecule has 2 nitrogen and oxygen atoms in total. The zero-order chi connectivity index (χ0) is 16.6. The summed E-state index contributed by atoms with van der Waals surface area (Å²) in [7, 11) is 0. The van der Waals surface area contributed by atoms with Crippen molar-refractivity contribution >= 4 is 22.5 Å². The van der Waals surface area contributed by atoms with Crippen molar-refractivity contribution < 1.29 is 8.78 Å². The lowest BCUT2D eigenvalue weighted by atomic mass is 10.1. The Labute approximate surface area is 138 Å². The molecule has 1 N–H and O–H groups in total. The predicted molar refractivity (Wildman–Crippen MR) is 90.3 cm³/mol. The third-order valence-corrected chi connectivity index (χ3v) is 4.15. The molecule has 0 radical (unpaired) electrons. The van der Waals surface area contributed by atoms with Gasteiger partial charge < -0.3 is 4.98 Å². The fraction of sp³-hybridized carbons (Fsp3) is 0.278. The van der Waals surface area contributed by atoms with Gasteiger partial charge in [-0.3, -0.25) is 4.98 Å². The molecule has 3 aromatic rings. The Morgan fingerprint density at radius 2 is 1.96 bits per heavy atom. The van der Waals surface area contributed by atoms with Gasteiger partial charge in [-0.15, -0.1) is 0 Å². The van der Waals surface area contributed by atoms with E-state index >= 15 is 0 Å². The third-order valence-electron chi connectivity index (χ3n) is 3.84. The van der Waals surface area contributed by atoms with Crippen LogP contribution in [-0.2, 0) is 6.42 Å². The SMILES string of the molecule is CC(C)c1cc2cc(Cl)c(-c3ccc(CC(F)F)cn3)cc2[nH]1. The third kappa shape index (κ3) is 3.37. The minimum absolute atomic E-state index is 0.283. The molecule has 0 saturated heterocycles. The molecule has 0 bridgehead atoms. The largest absolute Gasteiger partial charge is 0.358 e. The van der Waals surface area contributed by atoms with Crippen LogP contribution in [0.2, 0.25) is 5.02 Å². The second kappa shape index (κ2) is 6.28. The van der Waals surface area contributed by atoms with Gasteiger partial charge in [-0.2, -0.15) is 0 Å². The van der Waals surface area contributed by atoms with E-state index in [0.717, 1.165) is 22.2 Å². The van der Waals surface area contributed by atoms with Crippen molar-refractivity contribution in [1.29, 1.82) is 0 Å². The molecule has 0 atom stereocenters. The Kier molecular flexibility index (Phi) is 4.35. The van der Waals surface area contributed by atoms with Gasteiger partial charge in [0.05, 0.1) is 10.7 Å². The fourth-order valence-electron chi connectivity index (χ4n) is 2.57. The highest BCUT2D eigenvalue weighted by Crippen LogP contribution is 2.32. The first-order valence-corrected chi connectivity index (χ1v) is 7.87. The first-order chi connectivity index (χ1) is 10.9. The van der Waals surface area contributed by atoms with Gasteiger partial charge in [0.1, 0.15) is 0 Å². The van der Waals surface area contributed by atoms with Gasteiger partial charge in [-0.1, -0.05) is 31.5 Å². The average molecular weight is 335 g/mol. The van der Waals surface area contributed by atoms with Crippen LogP contribution < -0.4 is 0 Å². The van der Waals surface area contributed by atoms with Crippen LogP contribution in [-0.4, -0.2) is 16.4 Å². The normalized spacial score (nSPS) is 11.8. The van der Waals surface area contributed by atoms with Crippen LogP contribution in [0, 0.1) is 0 Å². The number of nitrogens with one attached hydrogen (secondary N) is 1. The van der Waals surface area contributed by atoms with Crippen LogP contribution in [0.4, 0.5) is 8.78 Å². The first-order valence-electron chi connectivity index (χ1n) is 7.49. The summed E-state index contributed by atoms with van der Waals surface area (Å²) in [6, 6.07) is 9.36. The second-order valence-electron chi connectivity index (χ2n) is 5.95. The molecular weight excluding hydrogens is 318 g/mol. The minimum Gasteiger partial charge on any atom is -0.358 e. The smallest absolute Gasteiger partial charge is 0.242 e. The molecule has 0 aliphatic rings. The summed E-state index contributed by atoms with van der Waals surface area (Å²) in [6.45, 7) is 4.24. The van der Waals surface area contributed by atoms with Gasteiger partial charge in [-0.05, 0) is 35.7 Å². The Morgan fingerprint density at radius 1 is 1.17 bits per heavy atom. The Hall–Kier alpha value is -1.94. The van der Waals surface area contributed by atoms with E-state index in [1.165, 1.54) is 6.20 Å². The predicted octanol–water partition coefficient (Wildman–Crippen LogP) is 5.81. The van der Waals surface area contributed by atoms with Crippen LogP contribution in [0.15, 0.2) is 36.5 Å². The number of hydrogen-bond acceptors (Lipinski definition) is 1. The zero-order valence-corrected chi connectivity index (χ0v) is 13.7. The van der Waals surface area contributed by atoms with Gasteiger partial charge in [0.2, 0.25) is 6.43 Å². The van der Waals surface area contributed by atoms with Crippen LogP contribution in [0.5, 0.6) is 0 Å². The molecule has 2 aromatic heterocycles. The van der Waals surface area contributed by atoms with Crippen molar-refractivity contribution in [3.63, 3.8) is 0 Å². The van der Waals surface area contributed by atoms with E-state index in [1.54, 1.807) is 12.1 Å². The van der Waals surface area contributed by atoms with Crippen molar-refractivity contribution in [3.05, 3.63) is 52.8 Å². The number of nitrogens with zero attached hydrogens (tertiary/aromatic N) is 1. The molecule has 120 valence electrons. The number of aromatic amines is 1. The van der Waals surface area contributed by atoms with Gasteiger partial charge in [0.15, 0.2) is 0 Å². The molecular formula is C18H17ClF2N2. The van der Waals surface area contributed by atoms with Gasteiger partial charge in [-0.25, -0.2) is 8.78 Å². The standard InChI is InChI=1S/C18H17ClF2N2/c1-10(2)16-7-12-6-14(19)13(8-17(12)23-16)15-4-3-11(9-22-15)5-18(20)21/h3-4,6-10,18,23H,5H2,1-2H3. The number of alkyl halides is 2. The fourth-order valence-corrected chi connectivity index (χ4v) is 2.83. The van der Waals surface area contributed by atoms with E-state index in [9.17, 15) is 8.78 Å². The van der Waals surface area contributed by atoms with Crippen molar-refractivity contribution in [2.45, 2.75) is 32.6 Å². The van der Waals surface area contributed by atoms with E-state index in [-0.39, 0.29) is 6.42 Å². The highest BCUT2D eigenvalue weighted by molar-refractivity contribution is 6.34. The number of aromatic nitrogens is 2. The number of hydrogen-bond donors (Lipinski definition) is 1. The summed E-state index contributed by atoms with van der Waals surface area (Å²) < 4.78 is 24.8. The first kappa shape index (κ1) is 15.9. The summed E-state index contributed by atoms with van der Waals surface area (Å²) in [4.78, 5) is 7.66. The molecule has 0 saturated carbocycles. The summed E-state index contributed by atoms with van der Waals surface area (Å²) in [5.74, 6) is 0.399. The van der Waals surface area contributed by atoms with Gasteiger partial charge in [0, 0.05) is 34.8 Å². The summed E-state index contributed by atoms with van der Waals surface area (Å²) in [5, 5.41) is 1.65. The Bertz CT molecular complexity index is 823. The van der Waals surface area contributed by atoms with E-state index < -0.39 is 6.43 Å². The number of H-pyrrole nitrogens is 1. The molecule has 2 heterocycles. The highest BCUT2D eigenvalue weighted by Gasteiger charge is 2.11. The van der Waals surface area contributed by atoms with E-state index in [0.29, 0.717) is 22.2 Å². The molecule has 0 spiro atoms. The van der Waals surface area contributed by atoms with E-state index in [1.807, 2.05) is 12.1 Å². The van der Waals surface area contributed by atoms with Gasteiger partial charge in [0.25, 0.3) is 0 Å². The van der Waals surface area contributed by atoms with E-state index in [4.69, 9.17) is 11.6 Å². The van der Waals surface area contributed by atoms with Crippen LogP contribution >= 0.6 is 11.6 Å². The minimum atomic E-state index is -2.36. The maximum atomic E-state index is 12.4. The maximum absolute atomic E-state index is 12.4. The van der Waals surface area contributed by atoms with Crippen LogP contribution in [0.25, 0.3) is 22.2 Å². The summed E-state index contributed by atoms with van der Waals surface area (Å²) in [5.41, 5.74) is 4.12. The lowest BCUT2D eigenvalue weighted by Crippen LogP contribution is -1.97. The Morgan fingerprint density at radius 3 is 2.57 bits per heavy atom. The molecule has 23 heavy (non-hydrogen) atoms. The zero-order valence-electron chi connectivity index (χ0n) is 12.9. The molecule has 0 amide bonds. The van der Waals surface area contributed by atoms with Crippen molar-refractivity contribution in [1.82, 2.24) is 9.97 Å². The van der Waals surface area contributed by atoms with Gasteiger partial charge >= 0.3 is 0 Å². The van der Waals surface area contributed by atoms with E-state index in [2.05, 4.69) is 29.9 Å². The van der Waals surface area contributed by atoms with Crippen molar-refractivity contribution in [2.24, 2.45) is 0 Å². The van der Waals surface area contributed by atoms with Crippen LogP contribution in [0.1, 0.15) is 31.0 Å². The molecule has 0 unspecified atom stereocenters. The topological polar surface area (TPSA) is 28.7 Å². The molecule has 5 heteroatoms. The van der Waals surface area contributed by atoms with Crippen molar-refractivity contribution in [2.75, 3.05) is 0 Å². The number of fused-ring (bicyclic) bond motifs is 1. The highest BCUT2D eigenvalue weighted by atomic mass is 35.5. The summed E-state index contributed by atoms with van der Waals surface area (Å²) >= 11 is 6.38. The molecule has 1 aromatic carbocycles. The van der Waals surface area contributed by atoms with Crippen molar-refractivity contribution in [3.8, 4) is 11.3 Å². The average Bonchev–Trinajstić information content (AvgIpc) is 2.90. The quantitative estimate of drug-likeness (QED) is 0.640. The summed E-state index contributed by atoms with van der Waals surface area (Å²) in [6.07, 6.45) is -1.17. The van der Waals surface area contributed by atoms with Crippen LogP contribution in [0.3, 0.4) is 0 Å². The monoisotopic (exact) mass is 334 g/mol. The number of halogens is 3. The molecule has 0 aliphatic carbocycles. The number of pyridine rings is 1. The lowest BCUT2D eigenvalue weighted by molar-refractivity contribution is 0.149. The second-order valence-corrected chi connectivity index (χ2v) is 6.35. The molecule has 0 fully saturated rings. The lowest BCUT2D eigenvalue weighted by Gasteiger charge is -2.06.